The number of pyridine rings is 1. The summed E-state index contributed by atoms with van der Waals surface area (Å²) in [6, 6.07) is 4.97. The Kier molecular flexibility index (Phi) is 5.84. The smallest absolute Gasteiger partial charge is 0.288 e. The number of hydrogen-bond donors (Lipinski definition) is 3. The highest BCUT2D eigenvalue weighted by Crippen LogP contribution is 2.41. The highest BCUT2D eigenvalue weighted by atomic mass is 28.4. The first kappa shape index (κ1) is 18.3. The Morgan fingerprint density at radius 3 is 2.45 bits per heavy atom. The molecule has 22 heavy (non-hydrogen) atoms. The standard InChI is InChI=1S/C15H25N3O3Si/c1-11(10-15(2,3)22(4,5)21)13(19)17-18-14(20)12-8-6-7-9-16-12/h6-9,11,21H,10H2,1-5H3,(H,17,19)(H,18,20)/t11-/m0/s1. The highest BCUT2D eigenvalue weighted by Gasteiger charge is 2.40. The van der Waals surface area contributed by atoms with Gasteiger partial charge in [-0.05, 0) is 36.7 Å². The third-order valence-electron chi connectivity index (χ3n) is 4.12. The van der Waals surface area contributed by atoms with E-state index in [9.17, 15) is 14.4 Å². The molecule has 0 unspecified atom stereocenters. The average Bonchev–Trinajstić information content (AvgIpc) is 2.43. The van der Waals surface area contributed by atoms with E-state index in [1.54, 1.807) is 25.1 Å². The average molecular weight is 323 g/mol. The molecule has 1 rings (SSSR count). The van der Waals surface area contributed by atoms with Crippen LogP contribution in [-0.4, -0.2) is 29.9 Å². The Morgan fingerprint density at radius 2 is 1.95 bits per heavy atom. The van der Waals surface area contributed by atoms with Gasteiger partial charge in [-0.2, -0.15) is 0 Å². The first-order valence-corrected chi connectivity index (χ1v) is 10.2. The lowest BCUT2D eigenvalue weighted by Crippen LogP contribution is -2.46. The molecule has 0 saturated heterocycles. The summed E-state index contributed by atoms with van der Waals surface area (Å²) in [6.07, 6.45) is 2.06. The lowest BCUT2D eigenvalue weighted by Gasteiger charge is -2.36. The number of carbonyl (C=O) groups excluding carboxylic acids is 2. The first-order chi connectivity index (χ1) is 10.0. The quantitative estimate of drug-likeness (QED) is 0.569. The number of carbonyl (C=O) groups is 2. The van der Waals surface area contributed by atoms with Crippen LogP contribution in [-0.2, 0) is 4.79 Å². The molecule has 0 bridgehead atoms. The van der Waals surface area contributed by atoms with E-state index in [1.807, 2.05) is 26.9 Å². The van der Waals surface area contributed by atoms with Crippen LogP contribution < -0.4 is 10.9 Å². The summed E-state index contributed by atoms with van der Waals surface area (Å²) in [5, 5.41) is -0.297. The third kappa shape index (κ3) is 4.92. The number of nitrogens with zero attached hydrogens (tertiary/aromatic N) is 1. The molecule has 0 fully saturated rings. The highest BCUT2D eigenvalue weighted by molar-refractivity contribution is 6.72. The molecule has 1 atom stereocenters. The van der Waals surface area contributed by atoms with Crippen LogP contribution in [0, 0.1) is 5.92 Å². The largest absolute Gasteiger partial charge is 0.432 e. The van der Waals surface area contributed by atoms with Gasteiger partial charge in [0.2, 0.25) is 5.91 Å². The van der Waals surface area contributed by atoms with Crippen molar-refractivity contribution in [1.82, 2.24) is 15.8 Å². The minimum absolute atomic E-state index is 0.236. The molecule has 3 N–H and O–H groups in total. The van der Waals surface area contributed by atoms with Gasteiger partial charge >= 0.3 is 0 Å². The van der Waals surface area contributed by atoms with Crippen LogP contribution in [0.1, 0.15) is 37.7 Å². The number of hydrazine groups is 1. The van der Waals surface area contributed by atoms with E-state index < -0.39 is 14.2 Å². The molecule has 0 radical (unpaired) electrons. The van der Waals surface area contributed by atoms with Crippen LogP contribution in [0.2, 0.25) is 18.1 Å². The maximum Gasteiger partial charge on any atom is 0.288 e. The summed E-state index contributed by atoms with van der Waals surface area (Å²) in [7, 11) is -2.37. The van der Waals surface area contributed by atoms with Gasteiger partial charge in [-0.1, -0.05) is 26.8 Å². The van der Waals surface area contributed by atoms with Gasteiger partial charge < -0.3 is 4.80 Å². The number of rotatable bonds is 5. The molecular weight excluding hydrogens is 298 g/mol. The van der Waals surface area contributed by atoms with E-state index in [0.717, 1.165) is 0 Å². The summed E-state index contributed by atoms with van der Waals surface area (Å²) < 4.78 is 0. The summed E-state index contributed by atoms with van der Waals surface area (Å²) in [6.45, 7) is 9.44. The fourth-order valence-corrected chi connectivity index (χ4v) is 2.72. The van der Waals surface area contributed by atoms with Gasteiger partial charge in [0.05, 0.1) is 0 Å². The molecule has 0 aliphatic carbocycles. The maximum atomic E-state index is 12.1. The van der Waals surface area contributed by atoms with Crippen molar-refractivity contribution in [3.05, 3.63) is 30.1 Å². The Hall–Kier alpha value is -1.73. The Morgan fingerprint density at radius 1 is 1.32 bits per heavy atom. The van der Waals surface area contributed by atoms with E-state index in [4.69, 9.17) is 0 Å². The lowest BCUT2D eigenvalue weighted by molar-refractivity contribution is -0.125. The zero-order valence-electron chi connectivity index (χ0n) is 13.8. The second-order valence-corrected chi connectivity index (χ2v) is 11.2. The van der Waals surface area contributed by atoms with Crippen molar-refractivity contribution in [3.63, 3.8) is 0 Å². The van der Waals surface area contributed by atoms with E-state index in [0.29, 0.717) is 6.42 Å². The summed E-state index contributed by atoms with van der Waals surface area (Å²) in [5.41, 5.74) is 5.00. The van der Waals surface area contributed by atoms with E-state index in [-0.39, 0.29) is 22.6 Å². The Labute approximate surface area is 132 Å². The normalized spacial score (nSPS) is 13.4. The van der Waals surface area contributed by atoms with Gasteiger partial charge in [-0.3, -0.25) is 25.4 Å². The minimum atomic E-state index is -2.37. The molecule has 2 amide bonds. The van der Waals surface area contributed by atoms with Gasteiger partial charge in [0, 0.05) is 12.1 Å². The van der Waals surface area contributed by atoms with Gasteiger partial charge in [0.1, 0.15) is 5.69 Å². The van der Waals surface area contributed by atoms with Crippen molar-refractivity contribution in [2.45, 2.75) is 45.3 Å². The van der Waals surface area contributed by atoms with E-state index in [2.05, 4.69) is 15.8 Å². The van der Waals surface area contributed by atoms with Gasteiger partial charge in [0.15, 0.2) is 8.32 Å². The number of hydrogen-bond acceptors (Lipinski definition) is 4. The predicted molar refractivity (Wildman–Crippen MR) is 87.4 cm³/mol. The maximum absolute atomic E-state index is 12.1. The second kappa shape index (κ2) is 7.02. The van der Waals surface area contributed by atoms with Crippen LogP contribution in [0.5, 0.6) is 0 Å². The van der Waals surface area contributed by atoms with Crippen LogP contribution in [0.3, 0.4) is 0 Å². The molecule has 6 nitrogen and oxygen atoms in total. The molecule has 0 aliphatic heterocycles. The van der Waals surface area contributed by atoms with E-state index >= 15 is 0 Å². The Bertz CT molecular complexity index is 527. The Balaban J connectivity index is 2.54. The van der Waals surface area contributed by atoms with E-state index in [1.165, 1.54) is 6.20 Å². The van der Waals surface area contributed by atoms with Crippen LogP contribution in [0.4, 0.5) is 0 Å². The fourth-order valence-electron chi connectivity index (χ4n) is 1.91. The topological polar surface area (TPSA) is 91.3 Å². The second-order valence-electron chi connectivity index (χ2n) is 6.71. The van der Waals surface area contributed by atoms with Crippen molar-refractivity contribution >= 4 is 20.1 Å². The summed E-state index contributed by atoms with van der Waals surface area (Å²) >= 11 is 0. The molecular formula is C15H25N3O3Si. The van der Waals surface area contributed by atoms with Gasteiger partial charge in [-0.15, -0.1) is 0 Å². The predicted octanol–water partition coefficient (Wildman–Crippen LogP) is 1.85. The molecule has 0 spiro atoms. The molecule has 0 saturated carbocycles. The lowest BCUT2D eigenvalue weighted by atomic mass is 9.97. The monoisotopic (exact) mass is 323 g/mol. The zero-order valence-corrected chi connectivity index (χ0v) is 14.8. The molecule has 1 heterocycles. The van der Waals surface area contributed by atoms with Crippen molar-refractivity contribution < 1.29 is 14.4 Å². The van der Waals surface area contributed by atoms with Crippen LogP contribution >= 0.6 is 0 Å². The number of nitrogens with one attached hydrogen (secondary N) is 2. The van der Waals surface area contributed by atoms with Crippen molar-refractivity contribution in [3.8, 4) is 0 Å². The molecule has 0 aromatic carbocycles. The van der Waals surface area contributed by atoms with Gasteiger partial charge in [0.25, 0.3) is 5.91 Å². The summed E-state index contributed by atoms with van der Waals surface area (Å²) in [5.74, 6) is -1.06. The molecule has 7 heteroatoms. The van der Waals surface area contributed by atoms with Gasteiger partial charge in [-0.25, -0.2) is 0 Å². The summed E-state index contributed by atoms with van der Waals surface area (Å²) in [4.78, 5) is 38.0. The van der Waals surface area contributed by atoms with Crippen LogP contribution in [0.25, 0.3) is 0 Å². The van der Waals surface area contributed by atoms with Crippen molar-refractivity contribution in [1.29, 1.82) is 0 Å². The fraction of sp³-hybridized carbons (Fsp3) is 0.533. The van der Waals surface area contributed by atoms with Crippen LogP contribution in [0.15, 0.2) is 24.4 Å². The molecule has 1 aromatic rings. The number of amides is 2. The molecule has 0 aliphatic rings. The third-order valence-corrected chi connectivity index (χ3v) is 7.63. The minimum Gasteiger partial charge on any atom is -0.432 e. The number of aromatic nitrogens is 1. The SMILES string of the molecule is C[C@@H](CC(C)(C)[Si](C)(C)O)C(=O)NNC(=O)c1ccccn1. The molecule has 122 valence electrons. The zero-order chi connectivity index (χ0) is 17.0. The van der Waals surface area contributed by atoms with Crippen molar-refractivity contribution in [2.24, 2.45) is 5.92 Å². The first-order valence-electron chi connectivity index (χ1n) is 7.28. The molecule has 1 aromatic heterocycles. The van der Waals surface area contributed by atoms with Crippen molar-refractivity contribution in [2.75, 3.05) is 0 Å².